The van der Waals surface area contributed by atoms with E-state index in [9.17, 15) is 0 Å². The summed E-state index contributed by atoms with van der Waals surface area (Å²) in [6.45, 7) is 4.28. The molecule has 3 heterocycles. The van der Waals surface area contributed by atoms with Crippen LogP contribution in [0.1, 0.15) is 17.7 Å². The van der Waals surface area contributed by atoms with Crippen LogP contribution in [0.3, 0.4) is 0 Å². The average Bonchev–Trinajstić information content (AvgIpc) is 2.97. The number of benzene rings is 1. The Bertz CT molecular complexity index is 1190. The number of rotatable bonds is 1. The first-order chi connectivity index (χ1) is 12.6. The minimum Gasteiger partial charge on any atom is -0.382 e. The van der Waals surface area contributed by atoms with E-state index in [0.29, 0.717) is 5.82 Å². The highest BCUT2D eigenvalue weighted by Crippen LogP contribution is 2.42. The Hall–Kier alpha value is -3.25. The number of hydrogen-bond acceptors (Lipinski definition) is 5. The zero-order valence-electron chi connectivity index (χ0n) is 14.2. The first-order valence-corrected chi connectivity index (χ1v) is 8.56. The van der Waals surface area contributed by atoms with Crippen LogP contribution in [0, 0.1) is 0 Å². The maximum atomic E-state index is 6.25. The molecule has 6 nitrogen and oxygen atoms in total. The van der Waals surface area contributed by atoms with Crippen molar-refractivity contribution in [2.24, 2.45) is 5.73 Å². The summed E-state index contributed by atoms with van der Waals surface area (Å²) >= 11 is 0. The normalized spacial score (nSPS) is 17.0. The van der Waals surface area contributed by atoms with Crippen molar-refractivity contribution in [2.75, 3.05) is 5.73 Å². The SMILES string of the molecule is C=C1C[C@H](N)Cc2c1c(-c1cnc3ccccc3c1)c1c(N)ncnn21. The van der Waals surface area contributed by atoms with E-state index in [4.69, 9.17) is 11.5 Å². The molecule has 0 fully saturated rings. The van der Waals surface area contributed by atoms with E-state index < -0.39 is 0 Å². The van der Waals surface area contributed by atoms with Crippen LogP contribution in [0.25, 0.3) is 33.1 Å². The van der Waals surface area contributed by atoms with E-state index in [-0.39, 0.29) is 6.04 Å². The lowest BCUT2D eigenvalue weighted by atomic mass is 9.86. The van der Waals surface area contributed by atoms with Crippen LogP contribution >= 0.6 is 0 Å². The van der Waals surface area contributed by atoms with E-state index in [2.05, 4.69) is 33.8 Å². The zero-order valence-corrected chi connectivity index (χ0v) is 14.2. The number of aromatic nitrogens is 4. The van der Waals surface area contributed by atoms with Crippen LogP contribution < -0.4 is 11.5 Å². The van der Waals surface area contributed by atoms with Crippen LogP contribution in [-0.4, -0.2) is 25.6 Å². The molecule has 4 N–H and O–H groups in total. The molecule has 0 aliphatic heterocycles. The second-order valence-corrected chi connectivity index (χ2v) is 6.79. The fourth-order valence-corrected chi connectivity index (χ4v) is 3.97. The van der Waals surface area contributed by atoms with Crippen molar-refractivity contribution >= 4 is 27.8 Å². The summed E-state index contributed by atoms with van der Waals surface area (Å²) in [6, 6.07) is 10.2. The number of para-hydroxylation sites is 1. The van der Waals surface area contributed by atoms with Crippen LogP contribution in [0.2, 0.25) is 0 Å². The third-order valence-electron chi connectivity index (χ3n) is 5.05. The summed E-state index contributed by atoms with van der Waals surface area (Å²) in [5.74, 6) is 0.443. The third kappa shape index (κ3) is 2.06. The van der Waals surface area contributed by atoms with Gasteiger partial charge in [-0.05, 0) is 24.1 Å². The highest BCUT2D eigenvalue weighted by atomic mass is 15.3. The van der Waals surface area contributed by atoms with Gasteiger partial charge >= 0.3 is 0 Å². The summed E-state index contributed by atoms with van der Waals surface area (Å²) in [5, 5.41) is 5.52. The molecule has 5 rings (SSSR count). The Morgan fingerprint density at radius 2 is 1.96 bits per heavy atom. The Kier molecular flexibility index (Phi) is 3.11. The van der Waals surface area contributed by atoms with E-state index in [1.165, 1.54) is 6.33 Å². The number of hydrogen-bond donors (Lipinski definition) is 2. The predicted molar refractivity (Wildman–Crippen MR) is 103 cm³/mol. The van der Waals surface area contributed by atoms with E-state index >= 15 is 0 Å². The first kappa shape index (κ1) is 15.0. The highest BCUT2D eigenvalue weighted by Gasteiger charge is 2.29. The molecular formula is C20H18N6. The van der Waals surface area contributed by atoms with Gasteiger partial charge in [-0.2, -0.15) is 5.10 Å². The van der Waals surface area contributed by atoms with E-state index in [0.717, 1.165) is 57.2 Å². The molecule has 1 atom stereocenters. The van der Waals surface area contributed by atoms with Crippen LogP contribution in [-0.2, 0) is 6.42 Å². The molecule has 1 aliphatic carbocycles. The van der Waals surface area contributed by atoms with Crippen molar-refractivity contribution in [1.82, 2.24) is 19.6 Å². The summed E-state index contributed by atoms with van der Waals surface area (Å²) in [6.07, 6.45) is 4.85. The fraction of sp³-hybridized carbons (Fsp3) is 0.150. The van der Waals surface area contributed by atoms with Crippen LogP contribution in [0.4, 0.5) is 5.82 Å². The number of fused-ring (bicyclic) bond motifs is 4. The Morgan fingerprint density at radius 3 is 2.85 bits per heavy atom. The molecule has 0 saturated heterocycles. The molecule has 128 valence electrons. The molecule has 26 heavy (non-hydrogen) atoms. The summed E-state index contributed by atoms with van der Waals surface area (Å²) in [4.78, 5) is 8.83. The summed E-state index contributed by atoms with van der Waals surface area (Å²) < 4.78 is 1.87. The molecule has 4 aromatic rings. The molecule has 0 unspecified atom stereocenters. The van der Waals surface area contributed by atoms with Crippen molar-refractivity contribution in [3.8, 4) is 11.1 Å². The van der Waals surface area contributed by atoms with Gasteiger partial charge in [-0.1, -0.05) is 24.8 Å². The molecular weight excluding hydrogens is 324 g/mol. The largest absolute Gasteiger partial charge is 0.382 e. The van der Waals surface area contributed by atoms with Gasteiger partial charge in [0, 0.05) is 40.7 Å². The Morgan fingerprint density at radius 1 is 1.12 bits per heavy atom. The Labute approximate surface area is 150 Å². The lowest BCUT2D eigenvalue weighted by molar-refractivity contribution is 0.640. The summed E-state index contributed by atoms with van der Waals surface area (Å²) in [5.41, 5.74) is 19.3. The molecule has 3 aromatic heterocycles. The van der Waals surface area contributed by atoms with Crippen molar-refractivity contribution in [3.63, 3.8) is 0 Å². The highest BCUT2D eigenvalue weighted by molar-refractivity contribution is 5.99. The predicted octanol–water partition coefficient (Wildman–Crippen LogP) is 2.81. The smallest absolute Gasteiger partial charge is 0.152 e. The lowest BCUT2D eigenvalue weighted by Crippen LogP contribution is -2.27. The van der Waals surface area contributed by atoms with Gasteiger partial charge in [0.2, 0.25) is 0 Å². The standard InChI is InChI=1S/C20H18N6/c1-11-6-14(21)8-16-17(11)18(19-20(22)24-10-25-26(16)19)13-7-12-4-2-3-5-15(12)23-9-13/h2-5,7,9-10,14H,1,6,8,21H2,(H2,22,24,25)/t14-/m0/s1. The van der Waals surface area contributed by atoms with Gasteiger partial charge in [0.1, 0.15) is 11.8 Å². The number of nitrogens with zero attached hydrogens (tertiary/aromatic N) is 4. The van der Waals surface area contributed by atoms with Gasteiger partial charge in [0.15, 0.2) is 5.82 Å². The van der Waals surface area contributed by atoms with Crippen molar-refractivity contribution < 1.29 is 0 Å². The second-order valence-electron chi connectivity index (χ2n) is 6.79. The van der Waals surface area contributed by atoms with Gasteiger partial charge in [-0.3, -0.25) is 4.98 Å². The van der Waals surface area contributed by atoms with Crippen molar-refractivity contribution in [2.45, 2.75) is 18.9 Å². The monoisotopic (exact) mass is 342 g/mol. The minimum absolute atomic E-state index is 0.0341. The molecule has 0 radical (unpaired) electrons. The molecule has 0 spiro atoms. The summed E-state index contributed by atoms with van der Waals surface area (Å²) in [7, 11) is 0. The topological polar surface area (TPSA) is 95.1 Å². The van der Waals surface area contributed by atoms with Gasteiger partial charge in [0.25, 0.3) is 0 Å². The molecule has 0 bridgehead atoms. The quantitative estimate of drug-likeness (QED) is 0.554. The molecule has 6 heteroatoms. The number of nitrogen functional groups attached to an aromatic ring is 1. The number of nitrogens with two attached hydrogens (primary N) is 2. The van der Waals surface area contributed by atoms with Gasteiger partial charge < -0.3 is 11.5 Å². The third-order valence-corrected chi connectivity index (χ3v) is 5.05. The molecule has 0 saturated carbocycles. The van der Waals surface area contributed by atoms with Gasteiger partial charge in [-0.15, -0.1) is 0 Å². The maximum absolute atomic E-state index is 6.25. The maximum Gasteiger partial charge on any atom is 0.152 e. The Balaban J connectivity index is 1.89. The molecule has 0 amide bonds. The minimum atomic E-state index is 0.0341. The second kappa shape index (κ2) is 5.37. The zero-order chi connectivity index (χ0) is 17.8. The van der Waals surface area contributed by atoms with E-state index in [1.807, 2.05) is 28.9 Å². The average molecular weight is 342 g/mol. The van der Waals surface area contributed by atoms with Crippen molar-refractivity contribution in [1.29, 1.82) is 0 Å². The van der Waals surface area contributed by atoms with Gasteiger partial charge in [0.05, 0.1) is 11.2 Å². The molecule has 1 aromatic carbocycles. The van der Waals surface area contributed by atoms with Crippen LogP contribution in [0.5, 0.6) is 0 Å². The lowest BCUT2D eigenvalue weighted by Gasteiger charge is -2.21. The number of pyridine rings is 1. The first-order valence-electron chi connectivity index (χ1n) is 8.56. The van der Waals surface area contributed by atoms with Crippen molar-refractivity contribution in [3.05, 3.63) is 60.7 Å². The van der Waals surface area contributed by atoms with Gasteiger partial charge in [-0.25, -0.2) is 9.50 Å². The van der Waals surface area contributed by atoms with Crippen LogP contribution in [0.15, 0.2) is 49.4 Å². The fourth-order valence-electron chi connectivity index (χ4n) is 3.97. The molecule has 1 aliphatic rings. The number of anilines is 1. The van der Waals surface area contributed by atoms with E-state index in [1.54, 1.807) is 0 Å².